The number of hydrogen-bond donors (Lipinski definition) is 2. The third-order valence-corrected chi connectivity index (χ3v) is 3.67. The van der Waals surface area contributed by atoms with Gasteiger partial charge in [0.15, 0.2) is 5.76 Å². The summed E-state index contributed by atoms with van der Waals surface area (Å²) in [4.78, 5) is 12.1. The van der Waals surface area contributed by atoms with Gasteiger partial charge in [0.05, 0.1) is 17.9 Å². The second kappa shape index (κ2) is 7.12. The lowest BCUT2D eigenvalue weighted by Crippen LogP contribution is -2.28. The van der Waals surface area contributed by atoms with Crippen LogP contribution in [0.4, 0.5) is 10.5 Å². The summed E-state index contributed by atoms with van der Waals surface area (Å²) in [6.45, 7) is 6.23. The van der Waals surface area contributed by atoms with Crippen molar-refractivity contribution in [3.05, 3.63) is 47.6 Å². The number of anilines is 1. The highest BCUT2D eigenvalue weighted by atomic mass is 16.5. The highest BCUT2D eigenvalue weighted by molar-refractivity contribution is 5.90. The van der Waals surface area contributed by atoms with E-state index in [9.17, 15) is 4.79 Å². The van der Waals surface area contributed by atoms with Crippen molar-refractivity contribution in [3.63, 3.8) is 0 Å². The highest BCUT2D eigenvalue weighted by Gasteiger charge is 2.10. The van der Waals surface area contributed by atoms with Crippen LogP contribution in [0.5, 0.6) is 0 Å². The number of benzene rings is 1. The van der Waals surface area contributed by atoms with Gasteiger partial charge < -0.3 is 15.2 Å². The van der Waals surface area contributed by atoms with Gasteiger partial charge in [-0.1, -0.05) is 25.1 Å². The van der Waals surface area contributed by atoms with Gasteiger partial charge in [0, 0.05) is 11.8 Å². The van der Waals surface area contributed by atoms with Crippen LogP contribution in [0.1, 0.15) is 36.8 Å². The normalized spacial score (nSPS) is 10.9. The molecule has 2 N–H and O–H groups in total. The van der Waals surface area contributed by atoms with Crippen molar-refractivity contribution < 1.29 is 9.32 Å². The number of aromatic nitrogens is 5. The Morgan fingerprint density at radius 1 is 1.32 bits per heavy atom. The van der Waals surface area contributed by atoms with E-state index in [0.717, 1.165) is 16.9 Å². The van der Waals surface area contributed by atoms with Gasteiger partial charge in [-0.25, -0.2) is 9.48 Å². The first-order valence-corrected chi connectivity index (χ1v) is 7.87. The van der Waals surface area contributed by atoms with Gasteiger partial charge in [-0.05, 0) is 41.0 Å². The van der Waals surface area contributed by atoms with Gasteiger partial charge in [0.2, 0.25) is 0 Å². The number of tetrazole rings is 1. The van der Waals surface area contributed by atoms with Crippen molar-refractivity contribution in [2.24, 2.45) is 0 Å². The van der Waals surface area contributed by atoms with Crippen LogP contribution in [0.2, 0.25) is 0 Å². The third-order valence-electron chi connectivity index (χ3n) is 3.67. The van der Waals surface area contributed by atoms with E-state index in [1.165, 1.54) is 11.0 Å². The summed E-state index contributed by atoms with van der Waals surface area (Å²) < 4.78 is 6.72. The summed E-state index contributed by atoms with van der Waals surface area (Å²) >= 11 is 0. The average molecular weight is 341 g/mol. The minimum absolute atomic E-state index is 0.261. The number of urea groups is 1. The zero-order valence-corrected chi connectivity index (χ0v) is 14.2. The molecule has 3 rings (SSSR count). The maximum atomic E-state index is 12.1. The number of nitrogens with zero attached hydrogens (tertiary/aromatic N) is 5. The molecule has 0 fully saturated rings. The first kappa shape index (κ1) is 16.6. The van der Waals surface area contributed by atoms with E-state index in [-0.39, 0.29) is 18.5 Å². The zero-order chi connectivity index (χ0) is 17.8. The summed E-state index contributed by atoms with van der Waals surface area (Å²) in [6, 6.07) is 7.07. The van der Waals surface area contributed by atoms with E-state index < -0.39 is 0 Å². The predicted octanol–water partition coefficient (Wildman–Crippen LogP) is 2.40. The Morgan fingerprint density at radius 2 is 2.16 bits per heavy atom. The maximum absolute atomic E-state index is 12.1. The Balaban J connectivity index is 1.63. The molecule has 130 valence electrons. The molecule has 3 aromatic rings. The Labute approximate surface area is 144 Å². The average Bonchev–Trinajstić information content (AvgIpc) is 3.26. The fourth-order valence-electron chi connectivity index (χ4n) is 2.19. The highest BCUT2D eigenvalue weighted by Crippen LogP contribution is 2.19. The lowest BCUT2D eigenvalue weighted by atomic mass is 10.1. The number of aryl methyl sites for hydroxylation is 1. The molecule has 0 aliphatic carbocycles. The van der Waals surface area contributed by atoms with Crippen LogP contribution in [0, 0.1) is 6.92 Å². The van der Waals surface area contributed by atoms with Crippen molar-refractivity contribution >= 4 is 11.7 Å². The molecule has 0 atom stereocenters. The van der Waals surface area contributed by atoms with E-state index in [0.29, 0.717) is 11.4 Å². The molecule has 0 spiro atoms. The van der Waals surface area contributed by atoms with Crippen molar-refractivity contribution in [1.29, 1.82) is 0 Å². The third kappa shape index (κ3) is 4.00. The molecule has 0 saturated heterocycles. The molecule has 2 aromatic heterocycles. The van der Waals surface area contributed by atoms with Crippen LogP contribution in [-0.2, 0) is 6.54 Å². The molecule has 0 unspecified atom stereocenters. The van der Waals surface area contributed by atoms with E-state index in [4.69, 9.17) is 4.52 Å². The number of hydrogen-bond acceptors (Lipinski definition) is 6. The summed E-state index contributed by atoms with van der Waals surface area (Å²) in [5.74, 6) is 0.890. The number of carbonyl (C=O) groups is 1. The van der Waals surface area contributed by atoms with E-state index in [1.807, 2.05) is 39.0 Å². The zero-order valence-electron chi connectivity index (χ0n) is 14.2. The fourth-order valence-corrected chi connectivity index (χ4v) is 2.19. The molecule has 0 aliphatic heterocycles. The van der Waals surface area contributed by atoms with Gasteiger partial charge in [0.1, 0.15) is 6.33 Å². The van der Waals surface area contributed by atoms with Crippen LogP contribution in [-0.4, -0.2) is 31.4 Å². The molecule has 0 saturated carbocycles. The van der Waals surface area contributed by atoms with E-state index >= 15 is 0 Å². The molecule has 2 heterocycles. The van der Waals surface area contributed by atoms with Gasteiger partial charge in [-0.3, -0.25) is 0 Å². The van der Waals surface area contributed by atoms with Crippen molar-refractivity contribution in [2.45, 2.75) is 33.2 Å². The largest absolute Gasteiger partial charge is 0.359 e. The second-order valence-electron chi connectivity index (χ2n) is 5.93. The smallest absolute Gasteiger partial charge is 0.319 e. The van der Waals surface area contributed by atoms with Crippen molar-refractivity contribution in [3.8, 4) is 5.69 Å². The first-order chi connectivity index (χ1) is 12.0. The van der Waals surface area contributed by atoms with Crippen molar-refractivity contribution in [1.82, 2.24) is 30.7 Å². The fraction of sp³-hybridized carbons (Fsp3) is 0.312. The molecule has 25 heavy (non-hydrogen) atoms. The molecule has 2 amide bonds. The SMILES string of the molecule is Cc1ccc(-n2cnnn2)cc1NC(=O)NCc1cc(C(C)C)no1. The molecule has 9 heteroatoms. The molecule has 0 radical (unpaired) electrons. The van der Waals surface area contributed by atoms with Crippen LogP contribution in [0.25, 0.3) is 5.69 Å². The van der Waals surface area contributed by atoms with Crippen molar-refractivity contribution in [2.75, 3.05) is 5.32 Å². The Kier molecular flexibility index (Phi) is 4.73. The summed E-state index contributed by atoms with van der Waals surface area (Å²) in [6.07, 6.45) is 1.49. The number of nitrogens with one attached hydrogen (secondary N) is 2. The molecule has 0 bridgehead atoms. The van der Waals surface area contributed by atoms with Gasteiger partial charge in [-0.2, -0.15) is 0 Å². The number of carbonyl (C=O) groups excluding carboxylic acids is 1. The summed E-state index contributed by atoms with van der Waals surface area (Å²) in [7, 11) is 0. The number of amides is 2. The van der Waals surface area contributed by atoms with Crippen LogP contribution >= 0.6 is 0 Å². The molecular formula is C16H19N7O2. The first-order valence-electron chi connectivity index (χ1n) is 7.87. The summed E-state index contributed by atoms with van der Waals surface area (Å²) in [5.41, 5.74) is 3.21. The Bertz CT molecular complexity index is 855. The lowest BCUT2D eigenvalue weighted by molar-refractivity contribution is 0.250. The minimum Gasteiger partial charge on any atom is -0.359 e. The standard InChI is InChI=1S/C16H19N7O2/c1-10(2)14-7-13(25-20-14)8-17-16(24)19-15-6-12(5-4-11(15)3)23-9-18-21-22-23/h4-7,9-10H,8H2,1-3H3,(H2,17,19,24). The van der Waals surface area contributed by atoms with Crippen LogP contribution in [0.3, 0.4) is 0 Å². The Morgan fingerprint density at radius 3 is 2.84 bits per heavy atom. The lowest BCUT2D eigenvalue weighted by Gasteiger charge is -2.10. The van der Waals surface area contributed by atoms with Crippen LogP contribution in [0.15, 0.2) is 35.1 Å². The molecule has 1 aromatic carbocycles. The monoisotopic (exact) mass is 341 g/mol. The number of rotatable bonds is 5. The van der Waals surface area contributed by atoms with E-state index in [1.54, 1.807) is 6.07 Å². The maximum Gasteiger partial charge on any atom is 0.319 e. The molecular weight excluding hydrogens is 322 g/mol. The van der Waals surface area contributed by atoms with Gasteiger partial charge in [0.25, 0.3) is 0 Å². The Hall–Kier alpha value is -3.23. The van der Waals surface area contributed by atoms with Gasteiger partial charge >= 0.3 is 6.03 Å². The van der Waals surface area contributed by atoms with Gasteiger partial charge in [-0.15, -0.1) is 5.10 Å². The van der Waals surface area contributed by atoms with Crippen LogP contribution < -0.4 is 10.6 Å². The van der Waals surface area contributed by atoms with E-state index in [2.05, 4.69) is 31.3 Å². The molecule has 0 aliphatic rings. The molecule has 9 nitrogen and oxygen atoms in total. The quantitative estimate of drug-likeness (QED) is 0.737. The predicted molar refractivity (Wildman–Crippen MR) is 90.3 cm³/mol. The second-order valence-corrected chi connectivity index (χ2v) is 5.93. The minimum atomic E-state index is -0.334. The topological polar surface area (TPSA) is 111 Å². The summed E-state index contributed by atoms with van der Waals surface area (Å²) in [5, 5.41) is 20.6.